The molecule has 0 saturated heterocycles. The van der Waals surface area contributed by atoms with Crippen LogP contribution in [-0.4, -0.2) is 31.6 Å². The second kappa shape index (κ2) is 6.56. The van der Waals surface area contributed by atoms with Crippen molar-refractivity contribution in [3.05, 3.63) is 30.3 Å². The third kappa shape index (κ3) is 3.60. The Hall–Kier alpha value is -1.82. The summed E-state index contributed by atoms with van der Waals surface area (Å²) in [6.45, 7) is 4.99. The van der Waals surface area contributed by atoms with Crippen LogP contribution in [0.25, 0.3) is 11.4 Å². The molecule has 0 spiro atoms. The molecule has 0 aliphatic rings. The molecule has 20 heavy (non-hydrogen) atoms. The first-order chi connectivity index (χ1) is 9.58. The third-order valence-corrected chi connectivity index (χ3v) is 3.57. The van der Waals surface area contributed by atoms with Crippen LogP contribution in [0.1, 0.15) is 13.8 Å². The quantitative estimate of drug-likeness (QED) is 0.829. The first kappa shape index (κ1) is 14.6. The van der Waals surface area contributed by atoms with Gasteiger partial charge in [-0.3, -0.25) is 4.79 Å². The predicted octanol–water partition coefficient (Wildman–Crippen LogP) is 2.78. The van der Waals surface area contributed by atoms with Gasteiger partial charge in [-0.2, -0.15) is 0 Å². The van der Waals surface area contributed by atoms with Crippen molar-refractivity contribution < 1.29 is 9.90 Å². The van der Waals surface area contributed by atoms with Crippen LogP contribution in [0.5, 0.6) is 0 Å². The molecule has 5 nitrogen and oxygen atoms in total. The summed E-state index contributed by atoms with van der Waals surface area (Å²) in [6, 6.07) is 9.81. The second-order valence-corrected chi connectivity index (χ2v) is 5.80. The first-order valence-corrected chi connectivity index (χ1v) is 7.39. The third-order valence-electron chi connectivity index (χ3n) is 2.62. The molecule has 1 N–H and O–H groups in total. The summed E-state index contributed by atoms with van der Waals surface area (Å²) in [6.07, 6.45) is 0. The van der Waals surface area contributed by atoms with E-state index in [9.17, 15) is 4.79 Å². The monoisotopic (exact) mass is 291 g/mol. The highest BCUT2D eigenvalue weighted by Crippen LogP contribution is 2.24. The number of carboxylic acids is 1. The summed E-state index contributed by atoms with van der Waals surface area (Å²) in [5, 5.41) is 17.8. The molecule has 106 valence electrons. The number of carbonyl (C=O) groups is 1. The Bertz CT molecular complexity index is 581. The number of aromatic nitrogens is 3. The summed E-state index contributed by atoms with van der Waals surface area (Å²) >= 11 is 1.20. The van der Waals surface area contributed by atoms with E-state index in [1.54, 1.807) is 0 Å². The maximum Gasteiger partial charge on any atom is 0.313 e. The average molecular weight is 291 g/mol. The molecule has 0 aliphatic heterocycles. The van der Waals surface area contributed by atoms with Crippen LogP contribution >= 0.6 is 11.8 Å². The molecule has 0 saturated carbocycles. The number of nitrogens with zero attached hydrogens (tertiary/aromatic N) is 3. The van der Waals surface area contributed by atoms with E-state index in [1.807, 2.05) is 34.9 Å². The molecule has 1 aromatic carbocycles. The van der Waals surface area contributed by atoms with Gasteiger partial charge in [-0.25, -0.2) is 0 Å². The maximum atomic E-state index is 10.7. The lowest BCUT2D eigenvalue weighted by Gasteiger charge is -2.12. The largest absolute Gasteiger partial charge is 0.481 e. The van der Waals surface area contributed by atoms with E-state index >= 15 is 0 Å². The van der Waals surface area contributed by atoms with Gasteiger partial charge in [0.1, 0.15) is 0 Å². The van der Waals surface area contributed by atoms with Crippen molar-refractivity contribution in [1.82, 2.24) is 14.8 Å². The van der Waals surface area contributed by atoms with Crippen LogP contribution in [0.3, 0.4) is 0 Å². The molecule has 0 fully saturated rings. The van der Waals surface area contributed by atoms with Gasteiger partial charge in [-0.15, -0.1) is 10.2 Å². The lowest BCUT2D eigenvalue weighted by Crippen LogP contribution is -2.09. The van der Waals surface area contributed by atoms with Crippen molar-refractivity contribution in [3.63, 3.8) is 0 Å². The van der Waals surface area contributed by atoms with Crippen molar-refractivity contribution in [2.45, 2.75) is 25.5 Å². The van der Waals surface area contributed by atoms with Gasteiger partial charge in [-0.05, 0) is 5.92 Å². The van der Waals surface area contributed by atoms with E-state index in [-0.39, 0.29) is 5.75 Å². The molecule has 2 aromatic rings. The van der Waals surface area contributed by atoms with E-state index in [2.05, 4.69) is 24.0 Å². The molecule has 0 atom stereocenters. The second-order valence-electron chi connectivity index (χ2n) is 4.86. The number of hydrogen-bond donors (Lipinski definition) is 1. The van der Waals surface area contributed by atoms with Crippen molar-refractivity contribution in [3.8, 4) is 11.4 Å². The molecule has 0 aliphatic carbocycles. The summed E-state index contributed by atoms with van der Waals surface area (Å²) in [5.41, 5.74) is 0.989. The molecule has 0 radical (unpaired) electrons. The smallest absolute Gasteiger partial charge is 0.313 e. The highest BCUT2D eigenvalue weighted by Gasteiger charge is 2.16. The van der Waals surface area contributed by atoms with Crippen molar-refractivity contribution in [2.24, 2.45) is 5.92 Å². The Labute approximate surface area is 122 Å². The first-order valence-electron chi connectivity index (χ1n) is 6.41. The summed E-state index contributed by atoms with van der Waals surface area (Å²) in [7, 11) is 0. The zero-order valence-corrected chi connectivity index (χ0v) is 12.3. The molecular formula is C14H17N3O2S. The Morgan fingerprint density at radius 3 is 2.60 bits per heavy atom. The van der Waals surface area contributed by atoms with Gasteiger partial charge in [0.05, 0.1) is 5.75 Å². The molecule has 6 heteroatoms. The van der Waals surface area contributed by atoms with Gasteiger partial charge in [0.25, 0.3) is 0 Å². The fourth-order valence-electron chi connectivity index (χ4n) is 1.85. The predicted molar refractivity (Wildman–Crippen MR) is 78.7 cm³/mol. The minimum atomic E-state index is -0.852. The SMILES string of the molecule is CC(C)Cn1c(SCC(=O)O)nnc1-c1ccccc1. The fraction of sp³-hybridized carbons (Fsp3) is 0.357. The Morgan fingerprint density at radius 1 is 1.30 bits per heavy atom. The summed E-state index contributed by atoms with van der Waals surface area (Å²) in [5.74, 6) is 0.352. The minimum Gasteiger partial charge on any atom is -0.481 e. The van der Waals surface area contributed by atoms with Gasteiger partial charge in [0.2, 0.25) is 0 Å². The Kier molecular flexibility index (Phi) is 4.79. The van der Waals surface area contributed by atoms with Crippen LogP contribution in [0.15, 0.2) is 35.5 Å². The lowest BCUT2D eigenvalue weighted by atomic mass is 10.2. The maximum absolute atomic E-state index is 10.7. The van der Waals surface area contributed by atoms with Gasteiger partial charge >= 0.3 is 5.97 Å². The van der Waals surface area contributed by atoms with Crippen LogP contribution in [-0.2, 0) is 11.3 Å². The van der Waals surface area contributed by atoms with Crippen molar-refractivity contribution >= 4 is 17.7 Å². The van der Waals surface area contributed by atoms with E-state index in [4.69, 9.17) is 5.11 Å². The fourth-order valence-corrected chi connectivity index (χ4v) is 2.52. The summed E-state index contributed by atoms with van der Waals surface area (Å²) < 4.78 is 1.99. The van der Waals surface area contributed by atoms with Gasteiger partial charge in [-0.1, -0.05) is 55.9 Å². The zero-order valence-electron chi connectivity index (χ0n) is 11.5. The molecule has 0 amide bonds. The van der Waals surface area contributed by atoms with Gasteiger partial charge in [0, 0.05) is 12.1 Å². The van der Waals surface area contributed by atoms with Crippen molar-refractivity contribution in [2.75, 3.05) is 5.75 Å². The van der Waals surface area contributed by atoms with Crippen LogP contribution in [0.4, 0.5) is 0 Å². The normalized spacial score (nSPS) is 10.9. The molecule has 2 rings (SSSR count). The van der Waals surface area contributed by atoms with Gasteiger partial charge < -0.3 is 9.67 Å². The lowest BCUT2D eigenvalue weighted by molar-refractivity contribution is -0.133. The number of rotatable bonds is 6. The highest BCUT2D eigenvalue weighted by molar-refractivity contribution is 7.99. The molecular weight excluding hydrogens is 274 g/mol. The zero-order chi connectivity index (χ0) is 14.5. The Morgan fingerprint density at radius 2 is 2.00 bits per heavy atom. The molecule has 0 bridgehead atoms. The topological polar surface area (TPSA) is 68.0 Å². The molecule has 1 aromatic heterocycles. The number of hydrogen-bond acceptors (Lipinski definition) is 4. The number of aliphatic carboxylic acids is 1. The van der Waals surface area contributed by atoms with Crippen LogP contribution in [0, 0.1) is 5.92 Å². The van der Waals surface area contributed by atoms with E-state index < -0.39 is 5.97 Å². The number of carboxylic acid groups (broad SMARTS) is 1. The highest BCUT2D eigenvalue weighted by atomic mass is 32.2. The van der Waals surface area contributed by atoms with Crippen LogP contribution in [0.2, 0.25) is 0 Å². The molecule has 1 heterocycles. The van der Waals surface area contributed by atoms with Crippen LogP contribution < -0.4 is 0 Å². The van der Waals surface area contributed by atoms with E-state index in [0.29, 0.717) is 11.1 Å². The average Bonchev–Trinajstić information content (AvgIpc) is 2.79. The van der Waals surface area contributed by atoms with E-state index in [0.717, 1.165) is 17.9 Å². The van der Waals surface area contributed by atoms with Crippen molar-refractivity contribution in [1.29, 1.82) is 0 Å². The van der Waals surface area contributed by atoms with E-state index in [1.165, 1.54) is 11.8 Å². The molecule has 0 unspecified atom stereocenters. The summed E-state index contributed by atoms with van der Waals surface area (Å²) in [4.78, 5) is 10.7. The number of benzene rings is 1. The van der Waals surface area contributed by atoms with Gasteiger partial charge in [0.15, 0.2) is 11.0 Å². The standard InChI is InChI=1S/C14H17N3O2S/c1-10(2)8-17-13(11-6-4-3-5-7-11)15-16-14(17)20-9-12(18)19/h3-7,10H,8-9H2,1-2H3,(H,18,19). The minimum absolute atomic E-state index is 0.00891. The Balaban J connectivity index is 2.34. The number of thioether (sulfide) groups is 1.